The molecule has 0 radical (unpaired) electrons. The van der Waals surface area contributed by atoms with E-state index in [4.69, 9.17) is 19.3 Å². The van der Waals surface area contributed by atoms with Gasteiger partial charge in [-0.15, -0.1) is 0 Å². The number of methoxy groups -OCH3 is 3. The van der Waals surface area contributed by atoms with Crippen molar-refractivity contribution in [2.45, 2.75) is 19.4 Å². The van der Waals surface area contributed by atoms with Crippen LogP contribution in [0.1, 0.15) is 39.5 Å². The molecule has 8 heteroatoms. The van der Waals surface area contributed by atoms with Crippen LogP contribution in [0.3, 0.4) is 0 Å². The van der Waals surface area contributed by atoms with Gasteiger partial charge < -0.3 is 19.1 Å². The zero-order valence-corrected chi connectivity index (χ0v) is 22.2. The maximum absolute atomic E-state index is 13.7. The number of ether oxygens (including phenoxy) is 3. The highest BCUT2D eigenvalue weighted by Crippen LogP contribution is 2.33. The number of rotatable bonds is 10. The first-order valence-electron chi connectivity index (χ1n) is 12.5. The van der Waals surface area contributed by atoms with Crippen LogP contribution in [0.4, 0.5) is 0 Å². The summed E-state index contributed by atoms with van der Waals surface area (Å²) >= 11 is 0. The van der Waals surface area contributed by atoms with Crippen LogP contribution >= 0.6 is 0 Å². The highest BCUT2D eigenvalue weighted by molar-refractivity contribution is 6.04. The zero-order chi connectivity index (χ0) is 27.1. The average molecular weight is 516 g/mol. The molecule has 0 spiro atoms. The molecule has 0 saturated heterocycles. The van der Waals surface area contributed by atoms with E-state index in [0.717, 1.165) is 28.2 Å². The third-order valence-electron chi connectivity index (χ3n) is 6.55. The van der Waals surface area contributed by atoms with E-state index in [2.05, 4.69) is 0 Å². The van der Waals surface area contributed by atoms with Crippen molar-refractivity contribution >= 4 is 17.5 Å². The largest absolute Gasteiger partial charge is 0.497 e. The first-order valence-corrected chi connectivity index (χ1v) is 12.5. The zero-order valence-electron chi connectivity index (χ0n) is 22.2. The second-order valence-electron chi connectivity index (χ2n) is 9.10. The van der Waals surface area contributed by atoms with Gasteiger partial charge in [0, 0.05) is 31.2 Å². The molecule has 8 nitrogen and oxygen atoms in total. The Hall–Kier alpha value is -4.17. The van der Waals surface area contributed by atoms with Gasteiger partial charge in [-0.3, -0.25) is 9.59 Å². The Bertz CT molecular complexity index is 1290. The summed E-state index contributed by atoms with van der Waals surface area (Å²) in [6.45, 7) is 2.46. The fourth-order valence-electron chi connectivity index (χ4n) is 4.37. The van der Waals surface area contributed by atoms with Gasteiger partial charge in [0.2, 0.25) is 0 Å². The summed E-state index contributed by atoms with van der Waals surface area (Å²) in [7, 11) is 4.76. The van der Waals surface area contributed by atoms with Gasteiger partial charge in [-0.05, 0) is 48.9 Å². The van der Waals surface area contributed by atoms with Crippen LogP contribution in [0.15, 0.2) is 77.9 Å². The minimum absolute atomic E-state index is 0.133. The first-order chi connectivity index (χ1) is 18.4. The van der Waals surface area contributed by atoms with Gasteiger partial charge in [-0.1, -0.05) is 42.0 Å². The maximum Gasteiger partial charge on any atom is 0.262 e. The highest BCUT2D eigenvalue weighted by Gasteiger charge is 2.34. The van der Waals surface area contributed by atoms with Crippen molar-refractivity contribution in [2.75, 3.05) is 41.0 Å². The van der Waals surface area contributed by atoms with Gasteiger partial charge in [0.1, 0.15) is 18.0 Å². The smallest absolute Gasteiger partial charge is 0.262 e. The molecule has 3 aromatic carbocycles. The second-order valence-corrected chi connectivity index (χ2v) is 9.10. The number of hydrogen-bond donors (Lipinski definition) is 0. The Labute approximate surface area is 223 Å². The molecule has 38 heavy (non-hydrogen) atoms. The summed E-state index contributed by atoms with van der Waals surface area (Å²) in [6.07, 6.45) is 0.548. The molecule has 0 N–H and O–H groups in total. The van der Waals surface area contributed by atoms with Gasteiger partial charge >= 0.3 is 0 Å². The predicted octanol–water partition coefficient (Wildman–Crippen LogP) is 4.48. The van der Waals surface area contributed by atoms with E-state index in [1.165, 1.54) is 9.91 Å². The van der Waals surface area contributed by atoms with E-state index in [1.807, 2.05) is 55.5 Å². The highest BCUT2D eigenvalue weighted by atomic mass is 16.5. The van der Waals surface area contributed by atoms with E-state index in [-0.39, 0.29) is 30.9 Å². The number of hydrogen-bond acceptors (Lipinski definition) is 6. The normalized spacial score (nSPS) is 14.7. The van der Waals surface area contributed by atoms with Crippen molar-refractivity contribution in [3.8, 4) is 11.5 Å². The fraction of sp³-hybridized carbons (Fsp3) is 0.300. The number of amides is 2. The molecule has 0 bridgehead atoms. The van der Waals surface area contributed by atoms with Crippen LogP contribution in [0.25, 0.3) is 0 Å². The number of nitrogens with zero attached hydrogens (tertiary/aromatic N) is 3. The topological polar surface area (TPSA) is 80.7 Å². The number of carbonyl (C=O) groups is 2. The van der Waals surface area contributed by atoms with Crippen LogP contribution < -0.4 is 9.47 Å². The minimum atomic E-state index is -0.287. The SMILES string of the molecule is COCCN(CC(=O)N1N=C(c2cccc(OC)c2)C[C@H]1c1ccc(C)cc1)C(=O)c1ccc(OC)cc1. The van der Waals surface area contributed by atoms with Gasteiger partial charge in [-0.25, -0.2) is 5.01 Å². The minimum Gasteiger partial charge on any atom is -0.497 e. The van der Waals surface area contributed by atoms with Crippen LogP contribution in [0.5, 0.6) is 11.5 Å². The van der Waals surface area contributed by atoms with Crippen molar-refractivity contribution in [3.63, 3.8) is 0 Å². The summed E-state index contributed by atoms with van der Waals surface area (Å²) in [5.74, 6) is 0.837. The Morgan fingerprint density at radius 3 is 2.32 bits per heavy atom. The third kappa shape index (κ3) is 6.20. The summed E-state index contributed by atoms with van der Waals surface area (Å²) < 4.78 is 15.8. The van der Waals surface area contributed by atoms with Gasteiger partial charge in [0.05, 0.1) is 32.6 Å². The molecule has 1 atom stereocenters. The first kappa shape index (κ1) is 26.9. The standard InChI is InChI=1S/C30H33N3O5/c1-21-8-10-22(11-9-21)28-19-27(24-6-5-7-26(18-24)38-4)31-33(28)29(34)20-32(16-17-36-2)30(35)23-12-14-25(37-3)15-13-23/h5-15,18,28H,16-17,19-20H2,1-4H3/t28-/m0/s1. The molecular weight excluding hydrogens is 482 g/mol. The lowest BCUT2D eigenvalue weighted by molar-refractivity contribution is -0.133. The van der Waals surface area contributed by atoms with E-state index in [0.29, 0.717) is 24.3 Å². The van der Waals surface area contributed by atoms with Crippen molar-refractivity contribution in [3.05, 3.63) is 95.1 Å². The molecule has 0 fully saturated rings. The van der Waals surface area contributed by atoms with Crippen molar-refractivity contribution in [1.29, 1.82) is 0 Å². The van der Waals surface area contributed by atoms with E-state index in [9.17, 15) is 9.59 Å². The van der Waals surface area contributed by atoms with Crippen LogP contribution in [0, 0.1) is 6.92 Å². The van der Waals surface area contributed by atoms with Gasteiger partial charge in [-0.2, -0.15) is 5.10 Å². The summed E-state index contributed by atoms with van der Waals surface area (Å²) in [5.41, 5.74) is 4.26. The van der Waals surface area contributed by atoms with E-state index >= 15 is 0 Å². The Kier molecular flexibility index (Phi) is 8.76. The number of aryl methyl sites for hydroxylation is 1. The van der Waals surface area contributed by atoms with Crippen molar-refractivity contribution < 1.29 is 23.8 Å². The Morgan fingerprint density at radius 2 is 1.66 bits per heavy atom. The Morgan fingerprint density at radius 1 is 0.947 bits per heavy atom. The maximum atomic E-state index is 13.7. The molecule has 3 aromatic rings. The molecule has 0 aromatic heterocycles. The lowest BCUT2D eigenvalue weighted by Gasteiger charge is -2.27. The van der Waals surface area contributed by atoms with Crippen molar-refractivity contribution in [2.24, 2.45) is 5.10 Å². The van der Waals surface area contributed by atoms with Crippen LogP contribution in [-0.2, 0) is 9.53 Å². The molecule has 4 rings (SSSR count). The number of benzene rings is 3. The molecule has 198 valence electrons. The summed E-state index contributed by atoms with van der Waals surface area (Å²) in [5, 5.41) is 6.28. The summed E-state index contributed by atoms with van der Waals surface area (Å²) in [4.78, 5) is 28.6. The molecule has 1 aliphatic heterocycles. The molecule has 0 unspecified atom stereocenters. The van der Waals surface area contributed by atoms with E-state index in [1.54, 1.807) is 45.6 Å². The molecule has 2 amide bonds. The van der Waals surface area contributed by atoms with E-state index < -0.39 is 0 Å². The monoisotopic (exact) mass is 515 g/mol. The third-order valence-corrected chi connectivity index (χ3v) is 6.55. The molecule has 1 aliphatic rings. The second kappa shape index (κ2) is 12.4. The number of hydrazone groups is 1. The lowest BCUT2D eigenvalue weighted by Crippen LogP contribution is -2.42. The lowest BCUT2D eigenvalue weighted by atomic mass is 9.97. The molecule has 1 heterocycles. The Balaban J connectivity index is 1.62. The predicted molar refractivity (Wildman–Crippen MR) is 146 cm³/mol. The van der Waals surface area contributed by atoms with Crippen LogP contribution in [-0.4, -0.2) is 68.5 Å². The molecule has 0 aliphatic carbocycles. The molecular formula is C30H33N3O5. The summed E-state index contributed by atoms with van der Waals surface area (Å²) in [6, 6.07) is 22.3. The average Bonchev–Trinajstić information content (AvgIpc) is 3.41. The number of carbonyl (C=O) groups excluding carboxylic acids is 2. The quantitative estimate of drug-likeness (QED) is 0.398. The van der Waals surface area contributed by atoms with Crippen LogP contribution in [0.2, 0.25) is 0 Å². The fourth-order valence-corrected chi connectivity index (χ4v) is 4.37. The molecule has 0 saturated carbocycles. The van der Waals surface area contributed by atoms with Crippen molar-refractivity contribution in [1.82, 2.24) is 9.91 Å². The van der Waals surface area contributed by atoms with Gasteiger partial charge in [0.15, 0.2) is 0 Å². The van der Waals surface area contributed by atoms with Gasteiger partial charge in [0.25, 0.3) is 11.8 Å².